The first kappa shape index (κ1) is 20.6. The third-order valence-electron chi connectivity index (χ3n) is 4.04. The van der Waals surface area contributed by atoms with Gasteiger partial charge in [-0.3, -0.25) is 14.4 Å². The van der Waals surface area contributed by atoms with Crippen LogP contribution in [0.2, 0.25) is 0 Å². The number of benzene rings is 1. The van der Waals surface area contributed by atoms with E-state index in [1.54, 1.807) is 6.08 Å². The average Bonchev–Trinajstić information content (AvgIpc) is 2.64. The van der Waals surface area contributed by atoms with Gasteiger partial charge >= 0.3 is 6.18 Å². The van der Waals surface area contributed by atoms with Gasteiger partial charge in [0.15, 0.2) is 5.16 Å². The normalized spacial score (nSPS) is 16.0. The number of thioether (sulfide) groups is 1. The molecule has 1 aromatic carbocycles. The minimum absolute atomic E-state index is 0.0410. The number of nitrogens with zero attached hydrogens (tertiary/aromatic N) is 1. The molecule has 0 radical (unpaired) electrons. The zero-order valence-corrected chi connectivity index (χ0v) is 15.6. The highest BCUT2D eigenvalue weighted by Gasteiger charge is 2.35. The van der Waals surface area contributed by atoms with E-state index in [0.29, 0.717) is 5.75 Å². The Morgan fingerprint density at radius 3 is 2.83 bits per heavy atom. The van der Waals surface area contributed by atoms with Gasteiger partial charge in [-0.2, -0.15) is 13.2 Å². The Kier molecular flexibility index (Phi) is 5.78. The smallest absolute Gasteiger partial charge is 0.326 e. The minimum Gasteiger partial charge on any atom is -0.326 e. The number of hydrogen-bond donors (Lipinski definition) is 3. The second-order valence-electron chi connectivity index (χ2n) is 6.11. The second kappa shape index (κ2) is 8.11. The Hall–Kier alpha value is -3.08. The van der Waals surface area contributed by atoms with Crippen LogP contribution in [-0.2, 0) is 15.8 Å². The number of aromatic amines is 1. The topological polar surface area (TPSA) is 104 Å². The lowest BCUT2D eigenvalue weighted by Gasteiger charge is -2.23. The lowest BCUT2D eigenvalue weighted by Crippen LogP contribution is -2.36. The Balaban J connectivity index is 1.90. The molecule has 0 saturated carbocycles. The van der Waals surface area contributed by atoms with Crippen molar-refractivity contribution >= 4 is 35.1 Å². The van der Waals surface area contributed by atoms with Gasteiger partial charge in [-0.1, -0.05) is 23.9 Å². The maximum Gasteiger partial charge on any atom is 0.416 e. The van der Waals surface area contributed by atoms with Crippen LogP contribution in [-0.4, -0.2) is 27.5 Å². The molecule has 1 atom stereocenters. The molecular formula is C18H15F3N4O3S. The molecule has 29 heavy (non-hydrogen) atoms. The Labute approximate surface area is 166 Å². The van der Waals surface area contributed by atoms with Gasteiger partial charge in [0.05, 0.1) is 17.0 Å². The van der Waals surface area contributed by atoms with Gasteiger partial charge in [-0.15, -0.1) is 6.58 Å². The molecule has 0 unspecified atom stereocenters. The number of carbonyl (C=O) groups excluding carboxylic acids is 2. The number of anilines is 2. The summed E-state index contributed by atoms with van der Waals surface area (Å²) in [5.41, 5.74) is -1.68. The molecule has 0 bridgehead atoms. The number of aromatic nitrogens is 2. The fourth-order valence-corrected chi connectivity index (χ4v) is 3.38. The summed E-state index contributed by atoms with van der Waals surface area (Å²) in [7, 11) is 0. The average molecular weight is 424 g/mol. The van der Waals surface area contributed by atoms with E-state index in [2.05, 4.69) is 27.2 Å². The molecule has 2 heterocycles. The first-order chi connectivity index (χ1) is 13.7. The number of rotatable bonds is 5. The first-order valence-electron chi connectivity index (χ1n) is 8.35. The fourth-order valence-electron chi connectivity index (χ4n) is 2.78. The standard InChI is InChI=1S/C18H15F3N4O3S/c1-2-6-29-17-24-14-13(16(28)25-17)11(8-12(26)23-14)15(27)22-10-5-3-4-9(7-10)18(19,20)21/h2-5,7,11H,1,6,8H2,(H,22,27)(H2,23,24,25,26,28)/t11-/m1/s1. The van der Waals surface area contributed by atoms with E-state index < -0.39 is 35.0 Å². The lowest BCUT2D eigenvalue weighted by atomic mass is 9.92. The van der Waals surface area contributed by atoms with Crippen LogP contribution in [0, 0.1) is 0 Å². The van der Waals surface area contributed by atoms with Crippen LogP contribution < -0.4 is 16.2 Å². The second-order valence-corrected chi connectivity index (χ2v) is 7.11. The van der Waals surface area contributed by atoms with Crippen LogP contribution in [0.5, 0.6) is 0 Å². The van der Waals surface area contributed by atoms with E-state index in [4.69, 9.17) is 0 Å². The summed E-state index contributed by atoms with van der Waals surface area (Å²) in [6.07, 6.45) is -3.30. The van der Waals surface area contributed by atoms with Crippen LogP contribution in [0.4, 0.5) is 24.7 Å². The van der Waals surface area contributed by atoms with Crippen LogP contribution in [0.3, 0.4) is 0 Å². The van der Waals surface area contributed by atoms with E-state index in [1.165, 1.54) is 17.8 Å². The predicted molar refractivity (Wildman–Crippen MR) is 102 cm³/mol. The highest BCUT2D eigenvalue weighted by atomic mass is 32.2. The van der Waals surface area contributed by atoms with Crippen molar-refractivity contribution in [3.05, 3.63) is 58.4 Å². The van der Waals surface area contributed by atoms with Gasteiger partial charge in [0, 0.05) is 17.9 Å². The quantitative estimate of drug-likeness (QED) is 0.389. The Bertz CT molecular complexity index is 1040. The lowest BCUT2D eigenvalue weighted by molar-refractivity contribution is -0.137. The monoisotopic (exact) mass is 424 g/mol. The number of halogens is 3. The maximum absolute atomic E-state index is 12.9. The Morgan fingerprint density at radius 1 is 1.38 bits per heavy atom. The number of nitrogens with one attached hydrogen (secondary N) is 3. The molecule has 0 saturated heterocycles. The van der Waals surface area contributed by atoms with E-state index in [9.17, 15) is 27.6 Å². The highest BCUT2D eigenvalue weighted by Crippen LogP contribution is 2.33. The predicted octanol–water partition coefficient (Wildman–Crippen LogP) is 3.13. The van der Waals surface area contributed by atoms with E-state index >= 15 is 0 Å². The molecule has 2 aromatic rings. The van der Waals surface area contributed by atoms with Crippen molar-refractivity contribution < 1.29 is 22.8 Å². The molecule has 3 N–H and O–H groups in total. The van der Waals surface area contributed by atoms with Gasteiger partial charge in [0.2, 0.25) is 11.8 Å². The largest absolute Gasteiger partial charge is 0.416 e. The first-order valence-corrected chi connectivity index (χ1v) is 9.33. The van der Waals surface area contributed by atoms with Crippen molar-refractivity contribution in [2.24, 2.45) is 0 Å². The molecule has 0 spiro atoms. The van der Waals surface area contributed by atoms with Gasteiger partial charge in [0.25, 0.3) is 5.56 Å². The highest BCUT2D eigenvalue weighted by molar-refractivity contribution is 7.99. The summed E-state index contributed by atoms with van der Waals surface area (Å²) in [5, 5.41) is 5.04. The molecule has 7 nitrogen and oxygen atoms in total. The molecule has 1 aromatic heterocycles. The van der Waals surface area contributed by atoms with E-state index in [1.807, 2.05) is 0 Å². The van der Waals surface area contributed by atoms with E-state index in [-0.39, 0.29) is 28.6 Å². The SMILES string of the molecule is C=CCSc1nc2c(c(=O)[nH]1)[C@H](C(=O)Nc1cccc(C(F)(F)F)c1)CC(=O)N2. The number of fused-ring (bicyclic) bond motifs is 1. The van der Waals surface area contributed by atoms with Crippen molar-refractivity contribution in [1.82, 2.24) is 9.97 Å². The van der Waals surface area contributed by atoms with Crippen molar-refractivity contribution in [2.75, 3.05) is 16.4 Å². The summed E-state index contributed by atoms with van der Waals surface area (Å²) in [6.45, 7) is 3.56. The molecule has 2 amide bonds. The summed E-state index contributed by atoms with van der Waals surface area (Å²) < 4.78 is 38.6. The third-order valence-corrected chi connectivity index (χ3v) is 4.91. The number of alkyl halides is 3. The number of carbonyl (C=O) groups is 2. The maximum atomic E-state index is 12.9. The van der Waals surface area contributed by atoms with Gasteiger partial charge in [0.1, 0.15) is 5.82 Å². The molecule has 11 heteroatoms. The van der Waals surface area contributed by atoms with Crippen molar-refractivity contribution in [3.8, 4) is 0 Å². The zero-order chi connectivity index (χ0) is 21.2. The molecular weight excluding hydrogens is 409 g/mol. The summed E-state index contributed by atoms with van der Waals surface area (Å²) >= 11 is 1.18. The van der Waals surface area contributed by atoms with Gasteiger partial charge in [-0.05, 0) is 18.2 Å². The third kappa shape index (κ3) is 4.67. The van der Waals surface area contributed by atoms with Gasteiger partial charge < -0.3 is 15.6 Å². The summed E-state index contributed by atoms with van der Waals surface area (Å²) in [4.78, 5) is 43.8. The zero-order valence-electron chi connectivity index (χ0n) is 14.8. The number of amides is 2. The summed E-state index contributed by atoms with van der Waals surface area (Å²) in [6, 6.07) is 4.08. The molecule has 0 aliphatic carbocycles. The minimum atomic E-state index is -4.57. The van der Waals surface area contributed by atoms with Crippen LogP contribution in [0.15, 0.2) is 46.9 Å². The molecule has 1 aliphatic rings. The molecule has 3 rings (SSSR count). The van der Waals surface area contributed by atoms with Crippen LogP contribution in [0.1, 0.15) is 23.5 Å². The fraction of sp³-hybridized carbons (Fsp3) is 0.222. The summed E-state index contributed by atoms with van der Waals surface area (Å²) in [5.74, 6) is -2.07. The number of H-pyrrole nitrogens is 1. The molecule has 152 valence electrons. The van der Waals surface area contributed by atoms with E-state index in [0.717, 1.165) is 18.2 Å². The molecule has 1 aliphatic heterocycles. The number of hydrogen-bond acceptors (Lipinski definition) is 5. The van der Waals surface area contributed by atoms with Crippen molar-refractivity contribution in [3.63, 3.8) is 0 Å². The van der Waals surface area contributed by atoms with Crippen molar-refractivity contribution in [1.29, 1.82) is 0 Å². The van der Waals surface area contributed by atoms with Crippen LogP contribution >= 0.6 is 11.8 Å². The van der Waals surface area contributed by atoms with Crippen molar-refractivity contribution in [2.45, 2.75) is 23.7 Å². The van der Waals surface area contributed by atoms with Crippen LogP contribution in [0.25, 0.3) is 0 Å². The van der Waals surface area contributed by atoms with Gasteiger partial charge in [-0.25, -0.2) is 4.98 Å². The Morgan fingerprint density at radius 2 is 2.14 bits per heavy atom. The molecule has 0 fully saturated rings.